The number of nitrogens with one attached hydrogen (secondary N) is 1. The Morgan fingerprint density at radius 1 is 1.23 bits per heavy atom. The minimum atomic E-state index is -3.58. The standard InChI is InChI=1S/C18H27N3O3S2/c1-14-4-5-16(25-14)26(23,24)21-10-2-3-15(21)17(22)20-11-7-18(8-12-20)6-9-19-13-18/h4-5,15,19H,2-3,6-13H2,1H3. The zero-order valence-corrected chi connectivity index (χ0v) is 16.9. The van der Waals surface area contributed by atoms with Gasteiger partial charge in [-0.2, -0.15) is 4.31 Å². The maximum absolute atomic E-state index is 13.1. The van der Waals surface area contributed by atoms with Crippen molar-refractivity contribution in [1.29, 1.82) is 0 Å². The zero-order chi connectivity index (χ0) is 18.4. The lowest BCUT2D eigenvalue weighted by Gasteiger charge is -2.40. The van der Waals surface area contributed by atoms with Gasteiger partial charge in [-0.15, -0.1) is 11.3 Å². The second-order valence-electron chi connectivity index (χ2n) is 7.89. The highest BCUT2D eigenvalue weighted by Gasteiger charge is 2.44. The number of hydrogen-bond acceptors (Lipinski definition) is 5. The van der Waals surface area contributed by atoms with Gasteiger partial charge in [0.1, 0.15) is 10.3 Å². The fourth-order valence-corrected chi connectivity index (χ4v) is 7.64. The molecule has 4 heterocycles. The molecule has 8 heteroatoms. The molecule has 3 aliphatic rings. The van der Waals surface area contributed by atoms with Crippen molar-refractivity contribution in [2.45, 2.75) is 49.3 Å². The van der Waals surface area contributed by atoms with Gasteiger partial charge in [0.25, 0.3) is 10.0 Å². The summed E-state index contributed by atoms with van der Waals surface area (Å²) >= 11 is 1.28. The first-order valence-electron chi connectivity index (χ1n) is 9.49. The molecule has 0 aliphatic carbocycles. The molecule has 4 rings (SSSR count). The molecule has 1 spiro atoms. The van der Waals surface area contributed by atoms with Crippen LogP contribution in [0.5, 0.6) is 0 Å². The van der Waals surface area contributed by atoms with Gasteiger partial charge in [0.2, 0.25) is 5.91 Å². The van der Waals surface area contributed by atoms with Crippen LogP contribution in [0.1, 0.15) is 37.0 Å². The third-order valence-electron chi connectivity index (χ3n) is 6.24. The Kier molecular flexibility index (Phi) is 4.88. The second-order valence-corrected chi connectivity index (χ2v) is 11.3. The van der Waals surface area contributed by atoms with Gasteiger partial charge in [0.05, 0.1) is 0 Å². The van der Waals surface area contributed by atoms with Gasteiger partial charge < -0.3 is 10.2 Å². The number of carbonyl (C=O) groups excluding carboxylic acids is 1. The van der Waals surface area contributed by atoms with E-state index in [9.17, 15) is 13.2 Å². The summed E-state index contributed by atoms with van der Waals surface area (Å²) in [6.07, 6.45) is 4.62. The Morgan fingerprint density at radius 2 is 2.00 bits per heavy atom. The SMILES string of the molecule is Cc1ccc(S(=O)(=O)N2CCCC2C(=O)N2CCC3(CCNC3)CC2)s1. The molecule has 1 aromatic heterocycles. The van der Waals surface area contributed by atoms with Crippen LogP contribution in [0.25, 0.3) is 0 Å². The van der Waals surface area contributed by atoms with Crippen molar-refractivity contribution in [2.75, 3.05) is 32.7 Å². The fourth-order valence-electron chi connectivity index (χ4n) is 4.58. The molecule has 1 N–H and O–H groups in total. The van der Waals surface area contributed by atoms with Crippen LogP contribution in [-0.2, 0) is 14.8 Å². The maximum atomic E-state index is 13.1. The molecule has 0 bridgehead atoms. The van der Waals surface area contributed by atoms with Crippen LogP contribution in [0, 0.1) is 12.3 Å². The normalized spacial score (nSPS) is 26.7. The lowest BCUT2D eigenvalue weighted by molar-refractivity contribution is -0.136. The molecule has 1 atom stereocenters. The predicted molar refractivity (Wildman–Crippen MR) is 102 cm³/mol. The average molecular weight is 398 g/mol. The molecule has 0 saturated carbocycles. The van der Waals surface area contributed by atoms with Crippen LogP contribution in [0.2, 0.25) is 0 Å². The number of hydrogen-bond donors (Lipinski definition) is 1. The molecule has 3 fully saturated rings. The topological polar surface area (TPSA) is 69.7 Å². The summed E-state index contributed by atoms with van der Waals surface area (Å²) < 4.78 is 27.8. The highest BCUT2D eigenvalue weighted by Crippen LogP contribution is 2.38. The molecular weight excluding hydrogens is 370 g/mol. The molecule has 0 radical (unpaired) electrons. The van der Waals surface area contributed by atoms with E-state index in [2.05, 4.69) is 5.32 Å². The first kappa shape index (κ1) is 18.4. The van der Waals surface area contributed by atoms with E-state index in [1.807, 2.05) is 17.9 Å². The van der Waals surface area contributed by atoms with Crippen molar-refractivity contribution in [2.24, 2.45) is 5.41 Å². The summed E-state index contributed by atoms with van der Waals surface area (Å²) in [5.41, 5.74) is 0.354. The van der Waals surface area contributed by atoms with Gasteiger partial charge in [-0.25, -0.2) is 8.42 Å². The summed E-state index contributed by atoms with van der Waals surface area (Å²) in [5, 5.41) is 3.44. The third-order valence-corrected chi connectivity index (χ3v) is 9.61. The van der Waals surface area contributed by atoms with Crippen LogP contribution < -0.4 is 5.32 Å². The van der Waals surface area contributed by atoms with Gasteiger partial charge in [0, 0.05) is 31.1 Å². The van der Waals surface area contributed by atoms with Crippen molar-refractivity contribution < 1.29 is 13.2 Å². The van der Waals surface area contributed by atoms with Gasteiger partial charge in [-0.05, 0) is 63.1 Å². The number of nitrogens with zero attached hydrogens (tertiary/aromatic N) is 2. The van der Waals surface area contributed by atoms with Crippen LogP contribution >= 0.6 is 11.3 Å². The summed E-state index contributed by atoms with van der Waals surface area (Å²) in [6, 6.07) is 2.95. The first-order chi connectivity index (χ1) is 12.4. The number of thiophene rings is 1. The van der Waals surface area contributed by atoms with Crippen molar-refractivity contribution >= 4 is 27.3 Å². The molecule has 1 unspecified atom stereocenters. The maximum Gasteiger partial charge on any atom is 0.253 e. The van der Waals surface area contributed by atoms with E-state index in [-0.39, 0.29) is 5.91 Å². The van der Waals surface area contributed by atoms with E-state index in [1.54, 1.807) is 6.07 Å². The lowest BCUT2D eigenvalue weighted by atomic mass is 9.78. The van der Waals surface area contributed by atoms with E-state index in [0.717, 1.165) is 50.3 Å². The summed E-state index contributed by atoms with van der Waals surface area (Å²) in [4.78, 5) is 16.0. The minimum Gasteiger partial charge on any atom is -0.341 e. The quantitative estimate of drug-likeness (QED) is 0.845. The molecule has 6 nitrogen and oxygen atoms in total. The molecule has 26 heavy (non-hydrogen) atoms. The molecular formula is C18H27N3O3S2. The molecule has 144 valence electrons. The number of carbonyl (C=O) groups is 1. The molecule has 1 aromatic rings. The Bertz CT molecular complexity index is 773. The monoisotopic (exact) mass is 397 g/mol. The summed E-state index contributed by atoms with van der Waals surface area (Å²) in [5.74, 6) is 0.000147. The molecule has 3 aliphatic heterocycles. The fraction of sp³-hybridized carbons (Fsp3) is 0.722. The minimum absolute atomic E-state index is 0.000147. The number of aryl methyl sites for hydroxylation is 1. The number of sulfonamides is 1. The van der Waals surface area contributed by atoms with Gasteiger partial charge >= 0.3 is 0 Å². The Hall–Kier alpha value is -0.960. The van der Waals surface area contributed by atoms with E-state index in [4.69, 9.17) is 0 Å². The van der Waals surface area contributed by atoms with Crippen molar-refractivity contribution in [3.63, 3.8) is 0 Å². The highest BCUT2D eigenvalue weighted by molar-refractivity contribution is 7.91. The van der Waals surface area contributed by atoms with Crippen LogP contribution in [0.15, 0.2) is 16.3 Å². The van der Waals surface area contributed by atoms with Gasteiger partial charge in [-0.1, -0.05) is 0 Å². The number of rotatable bonds is 3. The van der Waals surface area contributed by atoms with Crippen molar-refractivity contribution in [3.8, 4) is 0 Å². The molecule has 0 aromatic carbocycles. The van der Waals surface area contributed by atoms with E-state index < -0.39 is 16.1 Å². The molecule has 3 saturated heterocycles. The second kappa shape index (κ2) is 6.89. The van der Waals surface area contributed by atoms with E-state index >= 15 is 0 Å². The van der Waals surface area contributed by atoms with Crippen LogP contribution in [0.4, 0.5) is 0 Å². The van der Waals surface area contributed by atoms with Gasteiger partial charge in [0.15, 0.2) is 0 Å². The summed E-state index contributed by atoms with van der Waals surface area (Å²) in [6.45, 7) is 5.97. The van der Waals surface area contributed by atoms with Crippen molar-refractivity contribution in [1.82, 2.24) is 14.5 Å². The number of likely N-dealkylation sites (tertiary alicyclic amines) is 1. The average Bonchev–Trinajstić information content (AvgIpc) is 3.36. The Morgan fingerprint density at radius 3 is 2.62 bits per heavy atom. The number of piperidine rings is 1. The summed E-state index contributed by atoms with van der Waals surface area (Å²) in [7, 11) is -3.58. The van der Waals surface area contributed by atoms with Crippen LogP contribution in [-0.4, -0.2) is 62.3 Å². The van der Waals surface area contributed by atoms with Crippen LogP contribution in [0.3, 0.4) is 0 Å². The number of amides is 1. The lowest BCUT2D eigenvalue weighted by Crippen LogP contribution is -2.51. The molecule has 1 amide bonds. The smallest absolute Gasteiger partial charge is 0.253 e. The zero-order valence-electron chi connectivity index (χ0n) is 15.2. The van der Waals surface area contributed by atoms with Gasteiger partial charge in [-0.3, -0.25) is 4.79 Å². The Balaban J connectivity index is 1.47. The van der Waals surface area contributed by atoms with E-state index in [0.29, 0.717) is 22.6 Å². The Labute approximate surface area is 159 Å². The van der Waals surface area contributed by atoms with E-state index in [1.165, 1.54) is 22.1 Å². The van der Waals surface area contributed by atoms with Crippen molar-refractivity contribution in [3.05, 3.63) is 17.0 Å². The largest absolute Gasteiger partial charge is 0.341 e. The third kappa shape index (κ3) is 3.21. The predicted octanol–water partition coefficient (Wildman–Crippen LogP) is 1.81. The first-order valence-corrected chi connectivity index (χ1v) is 11.7. The highest BCUT2D eigenvalue weighted by atomic mass is 32.2.